The van der Waals surface area contributed by atoms with Gasteiger partial charge in [0, 0.05) is 18.7 Å². The van der Waals surface area contributed by atoms with Crippen molar-refractivity contribution in [2.75, 3.05) is 62.3 Å². The molecule has 0 spiro atoms. The van der Waals surface area contributed by atoms with Gasteiger partial charge in [0.05, 0.1) is 42.2 Å². The fraction of sp³-hybridized carbons (Fsp3) is 0.594. The summed E-state index contributed by atoms with van der Waals surface area (Å²) in [6, 6.07) is 7.95. The molecule has 9 heteroatoms. The highest BCUT2D eigenvalue weighted by Crippen LogP contribution is 2.50. The highest BCUT2D eigenvalue weighted by molar-refractivity contribution is 5.72. The van der Waals surface area contributed by atoms with Crippen LogP contribution in [0.25, 0.3) is 0 Å². The van der Waals surface area contributed by atoms with Gasteiger partial charge in [-0.15, -0.1) is 0 Å². The number of carboxylic acids is 1. The van der Waals surface area contributed by atoms with E-state index in [0.29, 0.717) is 54.2 Å². The fourth-order valence-electron chi connectivity index (χ4n) is 5.97. The summed E-state index contributed by atoms with van der Waals surface area (Å²) in [4.78, 5) is 14.3. The Morgan fingerprint density at radius 2 is 1.61 bits per heavy atom. The predicted molar refractivity (Wildman–Crippen MR) is 158 cm³/mol. The first-order valence-electron chi connectivity index (χ1n) is 14.2. The molecule has 9 nitrogen and oxygen atoms in total. The number of hydrogen-bond donors (Lipinski definition) is 1. The summed E-state index contributed by atoms with van der Waals surface area (Å²) in [5.74, 6) is 3.09. The molecule has 0 saturated heterocycles. The number of hydrogen-bond acceptors (Lipinski definition) is 8. The van der Waals surface area contributed by atoms with Gasteiger partial charge in [-0.05, 0) is 79.8 Å². The van der Waals surface area contributed by atoms with Crippen LogP contribution in [0.15, 0.2) is 24.3 Å². The van der Waals surface area contributed by atoms with Gasteiger partial charge in [-0.25, -0.2) is 4.79 Å². The predicted octanol–water partition coefficient (Wildman–Crippen LogP) is 5.07. The Kier molecular flexibility index (Phi) is 12.0. The van der Waals surface area contributed by atoms with E-state index in [1.54, 1.807) is 35.5 Å². The molecule has 0 aliphatic heterocycles. The maximum atomic E-state index is 12.1. The van der Waals surface area contributed by atoms with Crippen LogP contribution in [0.5, 0.6) is 28.7 Å². The molecule has 1 unspecified atom stereocenters. The number of likely N-dealkylation sites (N-methyl/N-ethyl adjacent to an activating group) is 1. The summed E-state index contributed by atoms with van der Waals surface area (Å²) in [5, 5.41) is 9.94. The average Bonchev–Trinajstić information content (AvgIpc) is 2.97. The molecule has 228 valence electrons. The van der Waals surface area contributed by atoms with Crippen LogP contribution in [0.2, 0.25) is 0 Å². The Labute approximate surface area is 244 Å². The molecule has 3 rings (SSSR count). The molecule has 0 heterocycles. The normalized spacial score (nSPS) is 17.2. The first-order valence-corrected chi connectivity index (χ1v) is 14.2. The van der Waals surface area contributed by atoms with E-state index in [-0.39, 0.29) is 11.8 Å². The van der Waals surface area contributed by atoms with Gasteiger partial charge in [0.25, 0.3) is 0 Å². The smallest absolute Gasteiger partial charge is 0.332 e. The number of carboxylic acid groups (broad SMARTS) is 1. The summed E-state index contributed by atoms with van der Waals surface area (Å²) in [7, 11) is 10.1. The molecule has 1 N–H and O–H groups in total. The first kappa shape index (κ1) is 32.3. The third-order valence-electron chi connectivity index (χ3n) is 8.11. The van der Waals surface area contributed by atoms with E-state index in [4.69, 9.17) is 28.4 Å². The van der Waals surface area contributed by atoms with Crippen molar-refractivity contribution >= 4 is 5.97 Å². The number of methoxy groups -OCH3 is 5. The van der Waals surface area contributed by atoms with Crippen LogP contribution in [-0.2, 0) is 22.4 Å². The summed E-state index contributed by atoms with van der Waals surface area (Å²) in [6.07, 6.45) is 2.02. The quantitative estimate of drug-likeness (QED) is 0.295. The number of nitrogens with zero attached hydrogens (tertiary/aromatic N) is 1. The third-order valence-corrected chi connectivity index (χ3v) is 8.11. The Morgan fingerprint density at radius 1 is 0.927 bits per heavy atom. The fourth-order valence-corrected chi connectivity index (χ4v) is 5.97. The van der Waals surface area contributed by atoms with Crippen LogP contribution >= 0.6 is 0 Å². The van der Waals surface area contributed by atoms with Crippen LogP contribution in [0.3, 0.4) is 0 Å². The zero-order valence-corrected chi connectivity index (χ0v) is 25.8. The minimum atomic E-state index is -0.927. The molecular formula is C32H47NO8. The number of ether oxygens (including phenoxy) is 6. The number of carbonyl (C=O) groups is 1. The zero-order chi connectivity index (χ0) is 30.1. The van der Waals surface area contributed by atoms with Gasteiger partial charge >= 0.3 is 5.97 Å². The molecule has 41 heavy (non-hydrogen) atoms. The molecule has 2 aromatic rings. The largest absolute Gasteiger partial charge is 0.493 e. The van der Waals surface area contributed by atoms with Crippen molar-refractivity contribution in [1.82, 2.24) is 4.90 Å². The molecule has 1 aliphatic carbocycles. The lowest BCUT2D eigenvalue weighted by atomic mass is 9.70. The highest BCUT2D eigenvalue weighted by Gasteiger charge is 2.36. The van der Waals surface area contributed by atoms with E-state index < -0.39 is 12.1 Å². The van der Waals surface area contributed by atoms with Crippen molar-refractivity contribution in [3.63, 3.8) is 0 Å². The van der Waals surface area contributed by atoms with Crippen LogP contribution in [0.1, 0.15) is 49.3 Å². The minimum Gasteiger partial charge on any atom is -0.493 e. The number of benzene rings is 2. The van der Waals surface area contributed by atoms with Gasteiger partial charge < -0.3 is 38.4 Å². The first-order chi connectivity index (χ1) is 19.7. The summed E-state index contributed by atoms with van der Waals surface area (Å²) < 4.78 is 33.8. The Morgan fingerprint density at radius 3 is 2.20 bits per heavy atom. The van der Waals surface area contributed by atoms with Gasteiger partial charge in [0.15, 0.2) is 29.1 Å². The van der Waals surface area contributed by atoms with E-state index in [1.807, 2.05) is 25.2 Å². The Hall–Kier alpha value is -3.17. The molecule has 0 bridgehead atoms. The molecule has 3 atom stereocenters. The summed E-state index contributed by atoms with van der Waals surface area (Å²) >= 11 is 0. The summed E-state index contributed by atoms with van der Waals surface area (Å²) in [5.41, 5.74) is 3.42. The second-order valence-corrected chi connectivity index (χ2v) is 11.0. The van der Waals surface area contributed by atoms with Crippen molar-refractivity contribution in [2.24, 2.45) is 11.8 Å². The lowest BCUT2D eigenvalue weighted by molar-refractivity contribution is -0.152. The summed E-state index contributed by atoms with van der Waals surface area (Å²) in [6.45, 7) is 6.16. The van der Waals surface area contributed by atoms with Gasteiger partial charge in [-0.3, -0.25) is 0 Å². The van der Waals surface area contributed by atoms with E-state index in [1.165, 1.54) is 0 Å². The molecule has 0 saturated carbocycles. The van der Waals surface area contributed by atoms with E-state index in [2.05, 4.69) is 24.8 Å². The molecule has 0 fully saturated rings. The van der Waals surface area contributed by atoms with Gasteiger partial charge in [-0.2, -0.15) is 0 Å². The van der Waals surface area contributed by atoms with Crippen LogP contribution in [-0.4, -0.2) is 84.4 Å². The molecule has 0 aromatic heterocycles. The van der Waals surface area contributed by atoms with Crippen molar-refractivity contribution < 1.29 is 38.3 Å². The number of aliphatic carboxylic acids is 1. The van der Waals surface area contributed by atoms with E-state index in [9.17, 15) is 9.90 Å². The third kappa shape index (κ3) is 7.77. The second-order valence-electron chi connectivity index (χ2n) is 11.0. The van der Waals surface area contributed by atoms with E-state index >= 15 is 0 Å². The molecular weight excluding hydrogens is 526 g/mol. The van der Waals surface area contributed by atoms with Crippen molar-refractivity contribution in [3.05, 3.63) is 41.0 Å². The molecule has 0 radical (unpaired) electrons. The maximum Gasteiger partial charge on any atom is 0.332 e. The van der Waals surface area contributed by atoms with Gasteiger partial charge in [0.1, 0.15) is 0 Å². The molecule has 0 amide bonds. The zero-order valence-electron chi connectivity index (χ0n) is 25.8. The van der Waals surface area contributed by atoms with Crippen LogP contribution in [0, 0.1) is 11.8 Å². The SMILES string of the molecule is COc1ccc(CCN(C)CCC(OC[C@@H]2CCc3c(cc(OC)c(OC)c3OC)[C@@H]2C(C)C)C(=O)O)cc1OC. The highest BCUT2D eigenvalue weighted by atomic mass is 16.5. The van der Waals surface area contributed by atoms with Crippen molar-refractivity contribution in [2.45, 2.75) is 51.6 Å². The lowest BCUT2D eigenvalue weighted by Crippen LogP contribution is -2.35. The molecule has 2 aromatic carbocycles. The van der Waals surface area contributed by atoms with Crippen molar-refractivity contribution in [3.8, 4) is 28.7 Å². The second kappa shape index (κ2) is 15.2. The Bertz CT molecular complexity index is 1150. The maximum absolute atomic E-state index is 12.1. The minimum absolute atomic E-state index is 0.172. The topological polar surface area (TPSA) is 95.9 Å². The van der Waals surface area contributed by atoms with Crippen LogP contribution < -0.4 is 23.7 Å². The van der Waals surface area contributed by atoms with E-state index in [0.717, 1.165) is 42.5 Å². The Balaban J connectivity index is 1.63. The van der Waals surface area contributed by atoms with Crippen LogP contribution in [0.4, 0.5) is 0 Å². The van der Waals surface area contributed by atoms with Gasteiger partial charge in [-0.1, -0.05) is 19.9 Å². The van der Waals surface area contributed by atoms with Gasteiger partial charge in [0.2, 0.25) is 5.75 Å². The average molecular weight is 574 g/mol. The number of fused-ring (bicyclic) bond motifs is 1. The monoisotopic (exact) mass is 573 g/mol. The lowest BCUT2D eigenvalue weighted by Gasteiger charge is -2.38. The van der Waals surface area contributed by atoms with Crippen molar-refractivity contribution in [1.29, 1.82) is 0 Å². The molecule has 1 aliphatic rings. The number of rotatable bonds is 16. The standard InChI is InChI=1S/C32H47NO8/c1-20(2)29-22(10-11-23-24(29)18-28(38-6)31(40-8)30(23)39-7)19-41-26(32(34)35)14-16-33(3)15-13-21-9-12-25(36-4)27(17-21)37-5/h9,12,17-18,20,22,26,29H,10-11,13-16,19H2,1-8H3,(H,34,35)/t22-,26?,29+/m0/s1.